The maximum atomic E-state index is 14.2. The molecule has 0 aliphatic carbocycles. The Labute approximate surface area is 269 Å². The zero-order valence-electron chi connectivity index (χ0n) is 23.6. The highest BCUT2D eigenvalue weighted by Gasteiger charge is 3.00. The van der Waals surface area contributed by atoms with Gasteiger partial charge in [0.25, 0.3) is 0 Å². The first-order chi connectivity index (χ1) is 22.4. The second-order valence-corrected chi connectivity index (χ2v) is 11.1. The Balaban J connectivity index is 0. The van der Waals surface area contributed by atoms with Crippen molar-refractivity contribution in [3.05, 3.63) is 0 Å². The van der Waals surface area contributed by atoms with E-state index in [0.29, 0.717) is 6.61 Å². The van der Waals surface area contributed by atoms with Crippen LogP contribution in [-0.4, -0.2) is 99.6 Å². The number of halogens is 30. The Morgan fingerprint density at radius 1 is 0.396 bits per heavy atom. The molecular weight excluding hydrogens is 882 g/mol. The van der Waals surface area contributed by atoms with Gasteiger partial charge in [0, 0.05) is 6.92 Å². The molecule has 320 valence electrons. The molecule has 0 amide bonds. The van der Waals surface area contributed by atoms with Gasteiger partial charge in [0.05, 0.1) is 6.61 Å². The molecular formula is C17H8F30O5Si. The van der Waals surface area contributed by atoms with Gasteiger partial charge in [0.2, 0.25) is 0 Å². The van der Waals surface area contributed by atoms with Gasteiger partial charge in [-0.05, 0) is 6.92 Å². The molecule has 0 aromatic rings. The summed E-state index contributed by atoms with van der Waals surface area (Å²) in [5.74, 6) is -77.4. The minimum atomic E-state index is -10.7. The fourth-order valence-electron chi connectivity index (χ4n) is 2.67. The first-order valence-electron chi connectivity index (χ1n) is 11.3. The quantitative estimate of drug-likeness (QED) is 0.105. The summed E-state index contributed by atoms with van der Waals surface area (Å²) < 4.78 is 401. The van der Waals surface area contributed by atoms with E-state index in [-0.39, 0.29) is 5.97 Å². The molecule has 0 heterocycles. The van der Waals surface area contributed by atoms with Crippen LogP contribution in [0.3, 0.4) is 0 Å². The maximum absolute atomic E-state index is 14.2. The monoisotopic (exact) mass is 890 g/mol. The van der Waals surface area contributed by atoms with E-state index in [4.69, 9.17) is 0 Å². The van der Waals surface area contributed by atoms with E-state index in [2.05, 4.69) is 4.74 Å². The normalized spacial score (nSPS) is 15.9. The topological polar surface area (TPSA) is 54.0 Å². The minimum Gasteiger partial charge on any atom is -0.466 e. The van der Waals surface area contributed by atoms with Crippen LogP contribution in [0.25, 0.3) is 0 Å². The molecule has 53 heavy (non-hydrogen) atoms. The van der Waals surface area contributed by atoms with E-state index in [0.717, 1.165) is 0 Å². The van der Waals surface area contributed by atoms with Gasteiger partial charge in [-0.15, -0.1) is 39.5 Å². The molecule has 0 aliphatic heterocycles. The molecule has 0 atom stereocenters. The molecule has 0 bridgehead atoms. The zero-order chi connectivity index (χ0) is 44.1. The maximum Gasteiger partial charge on any atom is 0.601 e. The van der Waals surface area contributed by atoms with Crippen LogP contribution >= 0.6 is 0 Å². The molecule has 0 unspecified atom stereocenters. The van der Waals surface area contributed by atoms with Crippen LogP contribution in [0.1, 0.15) is 13.8 Å². The summed E-state index contributed by atoms with van der Waals surface area (Å²) in [6.45, 7) is 3.65. The molecule has 0 rings (SSSR count). The Bertz CT molecular complexity index is 1200. The lowest BCUT2D eigenvalue weighted by Gasteiger charge is -2.46. The second-order valence-electron chi connectivity index (χ2n) is 8.79. The lowest BCUT2D eigenvalue weighted by atomic mass is 9.87. The van der Waals surface area contributed by atoms with Gasteiger partial charge in [-0.1, -0.05) is 0 Å². The van der Waals surface area contributed by atoms with Gasteiger partial charge in [0.1, 0.15) is 0 Å². The smallest absolute Gasteiger partial charge is 0.466 e. The van der Waals surface area contributed by atoms with Crippen LogP contribution < -0.4 is 0 Å². The van der Waals surface area contributed by atoms with Crippen molar-refractivity contribution in [3.63, 3.8) is 0 Å². The fourth-order valence-corrected chi connectivity index (χ4v) is 4.63. The summed E-state index contributed by atoms with van der Waals surface area (Å²) in [5.41, 5.74) is -9.38. The third-order valence-electron chi connectivity index (χ3n) is 4.99. The summed E-state index contributed by atoms with van der Waals surface area (Å²) >= 11 is 0. The minimum absolute atomic E-state index is 0.211. The van der Waals surface area contributed by atoms with Gasteiger partial charge in [0.15, 0.2) is 0 Å². The van der Waals surface area contributed by atoms with Crippen LogP contribution in [-0.2, 0) is 22.8 Å². The number of hydrogen-bond donors (Lipinski definition) is 0. The van der Waals surface area contributed by atoms with E-state index < -0.39 is 87.0 Å². The molecule has 0 saturated carbocycles. The summed E-state index contributed by atoms with van der Waals surface area (Å²) in [5, 5.41) is 0. The second kappa shape index (κ2) is 14.5. The molecule has 0 radical (unpaired) electrons. The van der Waals surface area contributed by atoms with Gasteiger partial charge in [-0.3, -0.25) is 18.1 Å². The SMILES string of the molecule is CCOC(C)=O.FC(F)(F)O[Si](OC(F)(F)F)(OC(F)(F)F)C(F)(F)C(F)(F)C(F)(F)C(F)(F)C(F)(F)C(F)(F)C(F)(F)C(F)(F)C(F)(F)C(F)(F)F. The fraction of sp³-hybridized carbons (Fsp3) is 0.941. The number of hydrogen-bond acceptors (Lipinski definition) is 5. The average molecular weight is 890 g/mol. The van der Waals surface area contributed by atoms with Crippen molar-refractivity contribution in [2.45, 2.75) is 92.0 Å². The lowest BCUT2D eigenvalue weighted by molar-refractivity contribution is -0.474. The predicted octanol–water partition coefficient (Wildman–Crippen LogP) is 9.92. The first kappa shape index (κ1) is 52.6. The van der Waals surface area contributed by atoms with E-state index >= 15 is 0 Å². The number of rotatable bonds is 13. The molecule has 36 heteroatoms. The number of carbonyl (C=O) groups excluding carboxylic acids is 1. The van der Waals surface area contributed by atoms with E-state index in [9.17, 15) is 137 Å². The third kappa shape index (κ3) is 9.47. The average Bonchev–Trinajstić information content (AvgIpc) is 2.84. The molecule has 0 aliphatic rings. The molecule has 0 spiro atoms. The summed E-state index contributed by atoms with van der Waals surface area (Å²) in [4.78, 5) is 9.82. The van der Waals surface area contributed by atoms with Gasteiger partial charge in [-0.2, -0.15) is 92.2 Å². The molecule has 5 nitrogen and oxygen atoms in total. The van der Waals surface area contributed by atoms with Crippen LogP contribution in [0.5, 0.6) is 0 Å². The standard InChI is InChI=1S/C13F30O3Si.C4H8O2/c14-1(15,3(18,19)5(22,23)7(26,27)9(30,31)32)2(16,17)4(20,21)6(24,25)8(28,29)10(33,34)47(44-11(35,36)37,45-12(38,39)40)46-13(41,42)43;1-3-6-4(2)5/h;3H2,1-2H3. The Morgan fingerprint density at radius 2 is 0.604 bits per heavy atom. The van der Waals surface area contributed by atoms with Crippen LogP contribution in [0, 0.1) is 0 Å². The van der Waals surface area contributed by atoms with Crippen molar-refractivity contribution in [2.75, 3.05) is 6.61 Å². The van der Waals surface area contributed by atoms with Crippen molar-refractivity contribution < 1.29 is 155 Å². The number of ether oxygens (including phenoxy) is 1. The Hall–Kier alpha value is -2.53. The van der Waals surface area contributed by atoms with Crippen LogP contribution in [0.4, 0.5) is 132 Å². The molecule has 0 saturated heterocycles. The van der Waals surface area contributed by atoms with Gasteiger partial charge >= 0.3 is 93.0 Å². The van der Waals surface area contributed by atoms with E-state index in [1.54, 1.807) is 6.92 Å². The molecule has 0 aromatic carbocycles. The van der Waals surface area contributed by atoms with E-state index in [1.165, 1.54) is 20.2 Å². The Kier molecular flexibility index (Phi) is 14.4. The van der Waals surface area contributed by atoms with Crippen molar-refractivity contribution in [3.8, 4) is 0 Å². The summed E-state index contributed by atoms with van der Waals surface area (Å²) in [6, 6.07) is 0. The van der Waals surface area contributed by atoms with Gasteiger partial charge in [-0.25, -0.2) is 0 Å². The first-order valence-corrected chi connectivity index (χ1v) is 13.0. The summed E-state index contributed by atoms with van der Waals surface area (Å²) in [6.07, 6.45) is -31.8. The zero-order valence-corrected chi connectivity index (χ0v) is 24.6. The van der Waals surface area contributed by atoms with E-state index in [1.807, 2.05) is 0 Å². The Morgan fingerprint density at radius 3 is 0.755 bits per heavy atom. The lowest BCUT2D eigenvalue weighted by Crippen LogP contribution is -2.80. The van der Waals surface area contributed by atoms with Gasteiger partial charge < -0.3 is 4.74 Å². The highest BCUT2D eigenvalue weighted by molar-refractivity contribution is 6.64. The summed E-state index contributed by atoms with van der Waals surface area (Å²) in [7, 11) is -10.7. The number of alkyl halides is 30. The largest absolute Gasteiger partial charge is 0.601 e. The van der Waals surface area contributed by atoms with Crippen molar-refractivity contribution in [2.24, 2.45) is 0 Å². The third-order valence-corrected chi connectivity index (χ3v) is 7.58. The van der Waals surface area contributed by atoms with Crippen molar-refractivity contribution >= 4 is 14.8 Å². The van der Waals surface area contributed by atoms with Crippen molar-refractivity contribution in [1.82, 2.24) is 0 Å². The highest BCUT2D eigenvalue weighted by atomic mass is 28.4. The number of esters is 1. The highest BCUT2D eigenvalue weighted by Crippen LogP contribution is 2.67. The van der Waals surface area contributed by atoms with Crippen LogP contribution in [0.15, 0.2) is 0 Å². The predicted molar refractivity (Wildman–Crippen MR) is 100 cm³/mol. The molecule has 0 N–H and O–H groups in total. The van der Waals surface area contributed by atoms with Crippen molar-refractivity contribution in [1.29, 1.82) is 0 Å². The molecule has 0 fully saturated rings. The number of carbonyl (C=O) groups is 1. The molecule has 0 aromatic heterocycles. The van der Waals surface area contributed by atoms with Crippen LogP contribution in [0.2, 0.25) is 0 Å².